The molecule has 5 nitrogen and oxygen atoms in total. The molecule has 2 aromatic carbocycles. The molecule has 1 fully saturated rings. The Balaban J connectivity index is 1.65. The van der Waals surface area contributed by atoms with Crippen LogP contribution in [0.15, 0.2) is 48.5 Å². The van der Waals surface area contributed by atoms with Crippen LogP contribution in [0.1, 0.15) is 31.8 Å². The molecule has 3 rings (SSSR count). The fraction of sp³-hybridized carbons (Fsp3) is 0.300. The van der Waals surface area contributed by atoms with E-state index in [0.717, 1.165) is 11.1 Å². The Hall–Kier alpha value is -2.37. The number of amides is 1. The number of ether oxygens (including phenoxy) is 2. The summed E-state index contributed by atoms with van der Waals surface area (Å²) in [5.74, 6) is -0.668. The molecule has 1 heterocycles. The minimum Gasteiger partial charge on any atom is -0.457 e. The van der Waals surface area contributed by atoms with E-state index in [-0.39, 0.29) is 19.1 Å². The minimum atomic E-state index is -0.708. The lowest BCUT2D eigenvalue weighted by Gasteiger charge is -2.22. The number of carbonyl (C=O) groups excluding carboxylic acids is 2. The summed E-state index contributed by atoms with van der Waals surface area (Å²) in [4.78, 5) is 26.4. The number of aryl methyl sites for hydroxylation is 2. The number of alkyl halides is 1. The van der Waals surface area contributed by atoms with E-state index in [1.165, 1.54) is 4.90 Å². The van der Waals surface area contributed by atoms with Gasteiger partial charge in [-0.15, -0.1) is 0 Å². The number of nitrogens with zero attached hydrogens (tertiary/aromatic N) is 1. The third-order valence-electron chi connectivity index (χ3n) is 4.20. The second-order valence-corrected chi connectivity index (χ2v) is 6.78. The Bertz CT molecular complexity index is 788. The van der Waals surface area contributed by atoms with Gasteiger partial charge >= 0.3 is 5.97 Å². The lowest BCUT2D eigenvalue weighted by atomic mass is 10.1. The summed E-state index contributed by atoms with van der Waals surface area (Å²) < 4.78 is 10.9. The molecule has 1 saturated heterocycles. The van der Waals surface area contributed by atoms with Gasteiger partial charge < -0.3 is 14.4 Å². The molecule has 0 radical (unpaired) electrons. The van der Waals surface area contributed by atoms with Crippen molar-refractivity contribution in [3.8, 4) is 0 Å². The second kappa shape index (κ2) is 7.89. The molecule has 0 aromatic heterocycles. The van der Waals surface area contributed by atoms with Crippen molar-refractivity contribution in [2.24, 2.45) is 0 Å². The van der Waals surface area contributed by atoms with Gasteiger partial charge in [-0.2, -0.15) is 0 Å². The van der Waals surface area contributed by atoms with E-state index in [2.05, 4.69) is 0 Å². The standard InChI is InChI=1S/C20H20ClNO4/c1-13-3-7-15(8-4-13)19(23)22-11-17(21)26-18(22)12-25-20(24)16-9-5-14(2)6-10-16/h3-10,17-18H,11-12H2,1-2H3. The molecule has 1 aliphatic rings. The zero-order chi connectivity index (χ0) is 18.7. The van der Waals surface area contributed by atoms with E-state index < -0.39 is 17.8 Å². The van der Waals surface area contributed by atoms with Gasteiger partial charge in [0.25, 0.3) is 5.91 Å². The Morgan fingerprint density at radius 2 is 1.58 bits per heavy atom. The van der Waals surface area contributed by atoms with Crippen LogP contribution in [0.3, 0.4) is 0 Å². The number of halogens is 1. The molecule has 0 N–H and O–H groups in total. The van der Waals surface area contributed by atoms with E-state index in [1.807, 2.05) is 38.1 Å². The third kappa shape index (κ3) is 4.23. The van der Waals surface area contributed by atoms with Crippen molar-refractivity contribution >= 4 is 23.5 Å². The SMILES string of the molecule is Cc1ccc(C(=O)OCC2OC(Cl)CN2C(=O)c2ccc(C)cc2)cc1. The van der Waals surface area contributed by atoms with Crippen LogP contribution in [-0.2, 0) is 9.47 Å². The molecule has 2 atom stereocenters. The highest BCUT2D eigenvalue weighted by atomic mass is 35.5. The molecule has 1 amide bonds. The van der Waals surface area contributed by atoms with Crippen LogP contribution in [0.5, 0.6) is 0 Å². The lowest BCUT2D eigenvalue weighted by molar-refractivity contribution is -0.0263. The third-order valence-corrected chi connectivity index (χ3v) is 4.44. The zero-order valence-corrected chi connectivity index (χ0v) is 15.4. The predicted octanol–water partition coefficient (Wildman–Crippen LogP) is 3.52. The van der Waals surface area contributed by atoms with Crippen LogP contribution in [-0.4, -0.2) is 41.7 Å². The summed E-state index contributed by atoms with van der Waals surface area (Å²) in [6, 6.07) is 14.3. The minimum absolute atomic E-state index is 0.0759. The fourth-order valence-corrected chi connectivity index (χ4v) is 2.95. The summed E-state index contributed by atoms with van der Waals surface area (Å²) in [6.45, 7) is 4.06. The molecule has 0 aliphatic carbocycles. The van der Waals surface area contributed by atoms with Gasteiger partial charge in [-0.3, -0.25) is 4.79 Å². The maximum Gasteiger partial charge on any atom is 0.338 e. The number of rotatable bonds is 4. The largest absolute Gasteiger partial charge is 0.457 e. The van der Waals surface area contributed by atoms with E-state index in [9.17, 15) is 9.59 Å². The molecule has 2 unspecified atom stereocenters. The highest BCUT2D eigenvalue weighted by Crippen LogP contribution is 2.22. The summed E-state index contributed by atoms with van der Waals surface area (Å²) in [5, 5.41) is 0. The van der Waals surface area contributed by atoms with Crippen LogP contribution in [0.4, 0.5) is 0 Å². The number of carbonyl (C=O) groups is 2. The maximum absolute atomic E-state index is 12.7. The smallest absolute Gasteiger partial charge is 0.338 e. The Kier molecular flexibility index (Phi) is 5.59. The van der Waals surface area contributed by atoms with Crippen LogP contribution in [0, 0.1) is 13.8 Å². The van der Waals surface area contributed by atoms with Gasteiger partial charge in [0.1, 0.15) is 6.61 Å². The molecule has 0 spiro atoms. The number of esters is 1. The monoisotopic (exact) mass is 373 g/mol. The van der Waals surface area contributed by atoms with Gasteiger partial charge in [0, 0.05) is 5.56 Å². The zero-order valence-electron chi connectivity index (χ0n) is 14.6. The van der Waals surface area contributed by atoms with Gasteiger partial charge in [0.05, 0.1) is 12.1 Å². The first-order chi connectivity index (χ1) is 12.4. The van der Waals surface area contributed by atoms with E-state index in [1.54, 1.807) is 24.3 Å². The van der Waals surface area contributed by atoms with E-state index in [4.69, 9.17) is 21.1 Å². The van der Waals surface area contributed by atoms with Crippen LogP contribution >= 0.6 is 11.6 Å². The molecule has 0 bridgehead atoms. The van der Waals surface area contributed by atoms with Crippen molar-refractivity contribution in [3.63, 3.8) is 0 Å². The maximum atomic E-state index is 12.7. The van der Waals surface area contributed by atoms with Crippen molar-refractivity contribution in [1.82, 2.24) is 4.90 Å². The summed E-state index contributed by atoms with van der Waals surface area (Å²) in [6.07, 6.45) is -0.708. The second-order valence-electron chi connectivity index (χ2n) is 6.29. The first kappa shape index (κ1) is 18.4. The predicted molar refractivity (Wildman–Crippen MR) is 98.2 cm³/mol. The average Bonchev–Trinajstić information content (AvgIpc) is 3.01. The first-order valence-corrected chi connectivity index (χ1v) is 8.78. The van der Waals surface area contributed by atoms with Crippen LogP contribution in [0.2, 0.25) is 0 Å². The van der Waals surface area contributed by atoms with Crippen molar-refractivity contribution in [1.29, 1.82) is 0 Å². The molecular weight excluding hydrogens is 354 g/mol. The normalized spacial score (nSPS) is 19.4. The summed E-state index contributed by atoms with van der Waals surface area (Å²) in [7, 11) is 0. The number of hydrogen-bond donors (Lipinski definition) is 0. The Morgan fingerprint density at radius 1 is 1.04 bits per heavy atom. The summed E-state index contributed by atoms with van der Waals surface area (Å²) in [5.41, 5.74) is 2.48. The van der Waals surface area contributed by atoms with Gasteiger partial charge in [0.2, 0.25) is 0 Å². The number of benzene rings is 2. The summed E-state index contributed by atoms with van der Waals surface area (Å²) >= 11 is 6.05. The highest BCUT2D eigenvalue weighted by Gasteiger charge is 2.36. The van der Waals surface area contributed by atoms with E-state index >= 15 is 0 Å². The molecule has 6 heteroatoms. The fourth-order valence-electron chi connectivity index (χ4n) is 2.68. The van der Waals surface area contributed by atoms with Gasteiger partial charge in [-0.1, -0.05) is 47.0 Å². The molecule has 2 aromatic rings. The van der Waals surface area contributed by atoms with Crippen molar-refractivity contribution in [3.05, 3.63) is 70.8 Å². The van der Waals surface area contributed by atoms with Crippen LogP contribution < -0.4 is 0 Å². The quantitative estimate of drug-likeness (QED) is 0.607. The average molecular weight is 374 g/mol. The highest BCUT2D eigenvalue weighted by molar-refractivity contribution is 6.20. The van der Waals surface area contributed by atoms with Crippen LogP contribution in [0.25, 0.3) is 0 Å². The Labute approximate surface area is 157 Å². The molecule has 26 heavy (non-hydrogen) atoms. The van der Waals surface area contributed by atoms with E-state index in [0.29, 0.717) is 11.1 Å². The first-order valence-electron chi connectivity index (χ1n) is 8.35. The van der Waals surface area contributed by atoms with Gasteiger partial charge in [-0.05, 0) is 38.1 Å². The Morgan fingerprint density at radius 3 is 2.15 bits per heavy atom. The van der Waals surface area contributed by atoms with Crippen molar-refractivity contribution < 1.29 is 19.1 Å². The molecular formula is C20H20ClNO4. The molecule has 0 saturated carbocycles. The van der Waals surface area contributed by atoms with Gasteiger partial charge in [0.15, 0.2) is 11.8 Å². The molecule has 1 aliphatic heterocycles. The topological polar surface area (TPSA) is 55.8 Å². The van der Waals surface area contributed by atoms with Crippen molar-refractivity contribution in [2.75, 3.05) is 13.2 Å². The van der Waals surface area contributed by atoms with Crippen molar-refractivity contribution in [2.45, 2.75) is 25.6 Å². The molecule has 136 valence electrons. The number of hydrogen-bond acceptors (Lipinski definition) is 4. The lowest BCUT2D eigenvalue weighted by Crippen LogP contribution is -2.39. The van der Waals surface area contributed by atoms with Gasteiger partial charge in [-0.25, -0.2) is 4.79 Å².